The van der Waals surface area contributed by atoms with Gasteiger partial charge in [0.05, 0.1) is 14.8 Å². The molecule has 0 bridgehead atoms. The molecule has 0 saturated carbocycles. The van der Waals surface area contributed by atoms with Crippen molar-refractivity contribution < 1.29 is 14.8 Å². The minimum Gasteiger partial charge on any atom is -0.258 e. The molecule has 0 spiro atoms. The molecule has 11 heteroatoms. The molecule has 0 aromatic heterocycles. The summed E-state index contributed by atoms with van der Waals surface area (Å²) in [6, 6.07) is 18.4. The first kappa shape index (κ1) is 23.7. The van der Waals surface area contributed by atoms with Gasteiger partial charge in [-0.15, -0.1) is 0 Å². The molecule has 166 valence electrons. The first-order chi connectivity index (χ1) is 15.8. The maximum absolute atomic E-state index is 11.1. The number of nitro groups is 3. The Morgan fingerprint density at radius 3 is 1.42 bits per heavy atom. The number of hydrogen-bond donors (Lipinski definition) is 0. The van der Waals surface area contributed by atoms with Crippen molar-refractivity contribution in [2.45, 2.75) is 0 Å². The lowest BCUT2D eigenvalue weighted by Crippen LogP contribution is -2.43. The van der Waals surface area contributed by atoms with E-state index in [0.717, 1.165) is 22.0 Å². The highest BCUT2D eigenvalue weighted by molar-refractivity contribution is 7.98. The van der Waals surface area contributed by atoms with E-state index in [1.165, 1.54) is 36.4 Å². The summed E-state index contributed by atoms with van der Waals surface area (Å²) in [5, 5.41) is 33.3. The van der Waals surface area contributed by atoms with Gasteiger partial charge in [0.15, 0.2) is 0 Å². The van der Waals surface area contributed by atoms with Crippen molar-refractivity contribution in [1.29, 1.82) is 0 Å². The standard InChI is InChI=1S/C22H18BN3O6S/c1-33-15-14-22(16-2-8-19(9-3-16)24(27)28)23(17-4-10-20(11-5-17)25(29)30)18-6-12-21(13-7-18)26(31)32/h2-14H,15H2,1H3/b22-14-. The van der Waals surface area contributed by atoms with Crippen LogP contribution in [-0.2, 0) is 0 Å². The molecule has 3 aromatic rings. The van der Waals surface area contributed by atoms with Crippen LogP contribution in [0.1, 0.15) is 5.56 Å². The SMILES string of the molecule is CSC/C=C(\B(c1ccc([N+](=O)[O-])cc1)c1ccc([N+](=O)[O-])cc1)c1ccc([N+](=O)[O-])cc1. The summed E-state index contributed by atoms with van der Waals surface area (Å²) in [5.41, 5.74) is 2.95. The van der Waals surface area contributed by atoms with Crippen molar-refractivity contribution in [2.24, 2.45) is 0 Å². The number of non-ortho nitro benzene ring substituents is 3. The summed E-state index contributed by atoms with van der Waals surface area (Å²) in [6.45, 7) is -0.403. The van der Waals surface area contributed by atoms with Crippen LogP contribution in [0.2, 0.25) is 0 Å². The minimum atomic E-state index is -0.481. The Bertz CT molecular complexity index is 1140. The molecule has 0 heterocycles. The van der Waals surface area contributed by atoms with E-state index in [9.17, 15) is 30.3 Å². The second kappa shape index (κ2) is 10.6. The first-order valence-electron chi connectivity index (χ1n) is 9.74. The second-order valence-corrected chi connectivity index (χ2v) is 7.96. The summed E-state index contributed by atoms with van der Waals surface area (Å²) in [6.07, 6.45) is 3.94. The zero-order valence-electron chi connectivity index (χ0n) is 17.5. The average Bonchev–Trinajstić information content (AvgIpc) is 2.82. The van der Waals surface area contributed by atoms with E-state index in [2.05, 4.69) is 0 Å². The van der Waals surface area contributed by atoms with Gasteiger partial charge in [0.25, 0.3) is 17.1 Å². The van der Waals surface area contributed by atoms with Gasteiger partial charge in [0.1, 0.15) is 0 Å². The first-order valence-corrected chi connectivity index (χ1v) is 11.1. The van der Waals surface area contributed by atoms with Crippen LogP contribution in [0.3, 0.4) is 0 Å². The average molecular weight is 463 g/mol. The molecular weight excluding hydrogens is 445 g/mol. The monoisotopic (exact) mass is 463 g/mol. The molecule has 0 saturated heterocycles. The van der Waals surface area contributed by atoms with E-state index in [1.807, 2.05) is 12.3 Å². The molecule has 0 aliphatic carbocycles. The van der Waals surface area contributed by atoms with Gasteiger partial charge in [-0.1, -0.05) is 46.7 Å². The van der Waals surface area contributed by atoms with Crippen LogP contribution < -0.4 is 10.9 Å². The Labute approximate surface area is 193 Å². The number of thioether (sulfide) groups is 1. The quantitative estimate of drug-likeness (QED) is 0.266. The fourth-order valence-electron chi connectivity index (χ4n) is 3.48. The van der Waals surface area contributed by atoms with Gasteiger partial charge in [0.2, 0.25) is 6.71 Å². The summed E-state index contributed by atoms with van der Waals surface area (Å²) < 4.78 is 0. The van der Waals surface area contributed by atoms with Crippen LogP contribution in [0.15, 0.2) is 78.9 Å². The number of nitro benzene ring substituents is 3. The number of hydrogen-bond acceptors (Lipinski definition) is 7. The van der Waals surface area contributed by atoms with Crippen molar-refractivity contribution in [3.05, 3.63) is 115 Å². The molecule has 3 aromatic carbocycles. The lowest BCUT2D eigenvalue weighted by atomic mass is 9.35. The lowest BCUT2D eigenvalue weighted by molar-refractivity contribution is -0.385. The maximum atomic E-state index is 11.1. The van der Waals surface area contributed by atoms with E-state index in [0.29, 0.717) is 5.75 Å². The summed E-state index contributed by atoms with van der Waals surface area (Å²) >= 11 is 1.59. The number of rotatable bonds is 9. The largest absolute Gasteiger partial charge is 0.269 e. The molecule has 33 heavy (non-hydrogen) atoms. The van der Waals surface area contributed by atoms with Crippen LogP contribution in [0.25, 0.3) is 5.47 Å². The molecule has 3 rings (SSSR count). The molecule has 9 nitrogen and oxygen atoms in total. The molecule has 0 aliphatic rings. The van der Waals surface area contributed by atoms with Gasteiger partial charge in [-0.2, -0.15) is 11.8 Å². The molecule has 0 N–H and O–H groups in total. The molecule has 0 unspecified atom stereocenters. The number of benzene rings is 3. The van der Waals surface area contributed by atoms with E-state index in [-0.39, 0.29) is 17.1 Å². The third-order valence-electron chi connectivity index (χ3n) is 5.07. The number of nitrogens with zero attached hydrogens (tertiary/aromatic N) is 3. The normalized spacial score (nSPS) is 11.1. The Morgan fingerprint density at radius 2 is 1.09 bits per heavy atom. The highest BCUT2D eigenvalue weighted by Crippen LogP contribution is 2.23. The van der Waals surface area contributed by atoms with Crippen LogP contribution >= 0.6 is 11.8 Å². The maximum Gasteiger partial charge on any atom is 0.269 e. The van der Waals surface area contributed by atoms with Crippen LogP contribution in [0.4, 0.5) is 17.1 Å². The predicted octanol–water partition coefficient (Wildman–Crippen LogP) is 4.01. The summed E-state index contributed by atoms with van der Waals surface area (Å²) in [7, 11) is 0. The molecule has 0 atom stereocenters. The fourth-order valence-corrected chi connectivity index (χ4v) is 3.83. The van der Waals surface area contributed by atoms with Crippen LogP contribution in [-0.4, -0.2) is 33.5 Å². The second-order valence-electron chi connectivity index (χ2n) is 7.05. The van der Waals surface area contributed by atoms with Gasteiger partial charge in [-0.3, -0.25) is 30.3 Å². The van der Waals surface area contributed by atoms with E-state index < -0.39 is 21.5 Å². The Balaban J connectivity index is 2.17. The van der Waals surface area contributed by atoms with Gasteiger partial charge in [0, 0.05) is 42.2 Å². The van der Waals surface area contributed by atoms with E-state index in [1.54, 1.807) is 48.2 Å². The van der Waals surface area contributed by atoms with Crippen molar-refractivity contribution in [1.82, 2.24) is 0 Å². The zero-order chi connectivity index (χ0) is 24.0. The van der Waals surface area contributed by atoms with Crippen molar-refractivity contribution >= 4 is 51.9 Å². The molecular formula is C22H18BN3O6S. The highest BCUT2D eigenvalue weighted by Gasteiger charge is 2.26. The lowest BCUT2D eigenvalue weighted by Gasteiger charge is -2.19. The molecule has 0 radical (unpaired) electrons. The van der Waals surface area contributed by atoms with Gasteiger partial charge >= 0.3 is 0 Å². The summed E-state index contributed by atoms with van der Waals surface area (Å²) in [5.74, 6) is 0.656. The minimum absolute atomic E-state index is 0.0369. The van der Waals surface area contributed by atoms with Crippen molar-refractivity contribution in [3.63, 3.8) is 0 Å². The van der Waals surface area contributed by atoms with E-state index >= 15 is 0 Å². The van der Waals surface area contributed by atoms with Crippen LogP contribution in [0, 0.1) is 30.3 Å². The Hall–Kier alpha value is -3.99. The van der Waals surface area contributed by atoms with Crippen molar-refractivity contribution in [3.8, 4) is 0 Å². The Morgan fingerprint density at radius 1 is 0.727 bits per heavy atom. The molecule has 0 aliphatic heterocycles. The van der Waals surface area contributed by atoms with Crippen LogP contribution in [0.5, 0.6) is 0 Å². The smallest absolute Gasteiger partial charge is 0.258 e. The highest BCUT2D eigenvalue weighted by atomic mass is 32.2. The molecule has 0 fully saturated rings. The Kier molecular flexibility index (Phi) is 7.57. The fraction of sp³-hybridized carbons (Fsp3) is 0.0909. The van der Waals surface area contributed by atoms with Gasteiger partial charge in [-0.05, 0) is 24.0 Å². The summed E-state index contributed by atoms with van der Waals surface area (Å²) in [4.78, 5) is 31.9. The third-order valence-corrected chi connectivity index (χ3v) is 5.57. The van der Waals surface area contributed by atoms with E-state index in [4.69, 9.17) is 0 Å². The van der Waals surface area contributed by atoms with Crippen molar-refractivity contribution in [2.75, 3.05) is 12.0 Å². The third kappa shape index (κ3) is 5.63. The van der Waals surface area contributed by atoms with Gasteiger partial charge < -0.3 is 0 Å². The topological polar surface area (TPSA) is 129 Å². The van der Waals surface area contributed by atoms with Gasteiger partial charge in [-0.25, -0.2) is 0 Å². The molecule has 0 amide bonds. The predicted molar refractivity (Wildman–Crippen MR) is 131 cm³/mol. The zero-order valence-corrected chi connectivity index (χ0v) is 18.3.